The number of hydrogen-bond donors (Lipinski definition) is 1. The van der Waals surface area contributed by atoms with E-state index in [0.717, 1.165) is 12.4 Å². The first kappa shape index (κ1) is 10.2. The summed E-state index contributed by atoms with van der Waals surface area (Å²) in [6.07, 6.45) is 4.09. The lowest BCUT2D eigenvalue weighted by Crippen LogP contribution is -2.30. The molecule has 0 aromatic carbocycles. The maximum Gasteiger partial charge on any atom is 0.134 e. The third-order valence-electron chi connectivity index (χ3n) is 2.52. The van der Waals surface area contributed by atoms with Crippen molar-refractivity contribution >= 4 is 11.6 Å². The molecule has 1 fully saturated rings. The van der Waals surface area contributed by atoms with E-state index in [1.165, 1.54) is 12.8 Å². The van der Waals surface area contributed by atoms with Crippen LogP contribution in [0.15, 0.2) is 12.4 Å². The van der Waals surface area contributed by atoms with Crippen LogP contribution < -0.4 is 10.6 Å². The highest BCUT2D eigenvalue weighted by molar-refractivity contribution is 5.47. The average Bonchev–Trinajstić information content (AvgIpc) is 2.97. The molecule has 0 amide bonds. The van der Waals surface area contributed by atoms with E-state index in [4.69, 9.17) is 5.73 Å². The van der Waals surface area contributed by atoms with Crippen molar-refractivity contribution in [2.75, 3.05) is 17.2 Å². The topological polar surface area (TPSA) is 55.0 Å². The van der Waals surface area contributed by atoms with E-state index in [1.54, 1.807) is 6.33 Å². The van der Waals surface area contributed by atoms with Crippen molar-refractivity contribution in [3.8, 4) is 0 Å². The predicted octanol–water partition coefficient (Wildman–Crippen LogP) is 1.68. The van der Waals surface area contributed by atoms with Gasteiger partial charge in [0.25, 0.3) is 0 Å². The lowest BCUT2D eigenvalue weighted by atomic mass is 10.2. The second-order valence-electron chi connectivity index (χ2n) is 4.58. The van der Waals surface area contributed by atoms with Crippen LogP contribution in [0.1, 0.15) is 26.7 Å². The zero-order chi connectivity index (χ0) is 10.8. The number of aromatic nitrogens is 2. The van der Waals surface area contributed by atoms with Crippen molar-refractivity contribution in [3.05, 3.63) is 12.4 Å². The summed E-state index contributed by atoms with van der Waals surface area (Å²) in [5, 5.41) is 0. The van der Waals surface area contributed by atoms with Gasteiger partial charge in [0.15, 0.2) is 0 Å². The molecule has 0 unspecified atom stereocenters. The van der Waals surface area contributed by atoms with Gasteiger partial charge in [0.05, 0.1) is 0 Å². The Bertz CT molecular complexity index is 333. The van der Waals surface area contributed by atoms with Crippen LogP contribution in [0.5, 0.6) is 0 Å². The van der Waals surface area contributed by atoms with Crippen molar-refractivity contribution in [3.63, 3.8) is 0 Å². The lowest BCUT2D eigenvalue weighted by Gasteiger charge is -2.25. The third-order valence-corrected chi connectivity index (χ3v) is 2.52. The molecule has 4 nitrogen and oxygen atoms in total. The van der Waals surface area contributed by atoms with Crippen molar-refractivity contribution < 1.29 is 0 Å². The van der Waals surface area contributed by atoms with E-state index in [-0.39, 0.29) is 0 Å². The minimum atomic E-state index is 0.550. The molecule has 0 aliphatic heterocycles. The summed E-state index contributed by atoms with van der Waals surface area (Å²) in [7, 11) is 0. The minimum Gasteiger partial charge on any atom is -0.384 e. The monoisotopic (exact) mass is 206 g/mol. The van der Waals surface area contributed by atoms with Crippen molar-refractivity contribution in [2.45, 2.75) is 32.7 Å². The molecule has 1 aliphatic rings. The maximum atomic E-state index is 5.67. The van der Waals surface area contributed by atoms with Crippen LogP contribution in [0.2, 0.25) is 0 Å². The molecule has 1 heterocycles. The standard InChI is InChI=1S/C11H18N4/c1-8(2)6-15(9-3-4-9)11-5-10(12)13-7-14-11/h5,7-9H,3-4,6H2,1-2H3,(H2,12,13,14). The minimum absolute atomic E-state index is 0.550. The number of hydrogen-bond acceptors (Lipinski definition) is 4. The molecule has 1 aliphatic carbocycles. The fourth-order valence-electron chi connectivity index (χ4n) is 1.73. The van der Waals surface area contributed by atoms with Gasteiger partial charge in [-0.05, 0) is 18.8 Å². The molecule has 4 heteroatoms. The number of nitrogens with two attached hydrogens (primary N) is 1. The lowest BCUT2D eigenvalue weighted by molar-refractivity contribution is 0.602. The molecule has 1 aromatic rings. The van der Waals surface area contributed by atoms with Gasteiger partial charge in [-0.15, -0.1) is 0 Å². The molecular formula is C11H18N4. The van der Waals surface area contributed by atoms with E-state index in [2.05, 4.69) is 28.7 Å². The van der Waals surface area contributed by atoms with Gasteiger partial charge in [-0.2, -0.15) is 0 Å². The molecule has 1 saturated carbocycles. The van der Waals surface area contributed by atoms with E-state index in [0.29, 0.717) is 17.8 Å². The highest BCUT2D eigenvalue weighted by Crippen LogP contribution is 2.31. The van der Waals surface area contributed by atoms with Crippen molar-refractivity contribution in [1.29, 1.82) is 0 Å². The summed E-state index contributed by atoms with van der Waals surface area (Å²) in [6, 6.07) is 2.53. The molecule has 2 N–H and O–H groups in total. The summed E-state index contributed by atoms with van der Waals surface area (Å²) in [4.78, 5) is 10.6. The summed E-state index contributed by atoms with van der Waals surface area (Å²) in [6.45, 7) is 5.49. The molecule has 0 bridgehead atoms. The van der Waals surface area contributed by atoms with Crippen molar-refractivity contribution in [1.82, 2.24) is 9.97 Å². The largest absolute Gasteiger partial charge is 0.384 e. The Kier molecular flexibility index (Phi) is 2.75. The molecule has 2 rings (SSSR count). The molecule has 1 aromatic heterocycles. The number of nitrogen functional groups attached to an aromatic ring is 1. The van der Waals surface area contributed by atoms with Gasteiger partial charge in [-0.25, -0.2) is 9.97 Å². The highest BCUT2D eigenvalue weighted by atomic mass is 15.2. The molecule has 82 valence electrons. The Labute approximate surface area is 90.5 Å². The van der Waals surface area contributed by atoms with E-state index < -0.39 is 0 Å². The Morgan fingerprint density at radius 3 is 2.73 bits per heavy atom. The SMILES string of the molecule is CC(C)CN(c1cc(N)ncn1)C1CC1. The quantitative estimate of drug-likeness (QED) is 0.814. The number of rotatable bonds is 4. The van der Waals surface area contributed by atoms with Crippen LogP contribution in [0.4, 0.5) is 11.6 Å². The van der Waals surface area contributed by atoms with Gasteiger partial charge in [-0.1, -0.05) is 13.8 Å². The second-order valence-corrected chi connectivity index (χ2v) is 4.58. The first-order valence-corrected chi connectivity index (χ1v) is 5.51. The molecular weight excluding hydrogens is 188 g/mol. The smallest absolute Gasteiger partial charge is 0.134 e. The Morgan fingerprint density at radius 2 is 2.20 bits per heavy atom. The van der Waals surface area contributed by atoms with Crippen LogP contribution in [0.3, 0.4) is 0 Å². The summed E-state index contributed by atoms with van der Waals surface area (Å²) in [5.74, 6) is 2.16. The average molecular weight is 206 g/mol. The van der Waals surface area contributed by atoms with Gasteiger partial charge in [0.2, 0.25) is 0 Å². The normalized spacial score (nSPS) is 15.7. The highest BCUT2D eigenvalue weighted by Gasteiger charge is 2.30. The zero-order valence-corrected chi connectivity index (χ0v) is 9.35. The van der Waals surface area contributed by atoms with Gasteiger partial charge in [0.1, 0.15) is 18.0 Å². The zero-order valence-electron chi connectivity index (χ0n) is 9.35. The van der Waals surface area contributed by atoms with E-state index in [9.17, 15) is 0 Å². The van der Waals surface area contributed by atoms with Gasteiger partial charge >= 0.3 is 0 Å². The van der Waals surface area contributed by atoms with Crippen LogP contribution >= 0.6 is 0 Å². The fraction of sp³-hybridized carbons (Fsp3) is 0.636. The molecule has 15 heavy (non-hydrogen) atoms. The summed E-state index contributed by atoms with van der Waals surface area (Å²) >= 11 is 0. The molecule has 0 saturated heterocycles. The maximum absolute atomic E-state index is 5.67. The summed E-state index contributed by atoms with van der Waals surface area (Å²) in [5.41, 5.74) is 5.67. The van der Waals surface area contributed by atoms with Crippen LogP contribution in [-0.2, 0) is 0 Å². The predicted molar refractivity (Wildman–Crippen MR) is 61.7 cm³/mol. The second kappa shape index (κ2) is 4.04. The molecule has 0 atom stereocenters. The Balaban J connectivity index is 2.16. The first-order chi connectivity index (χ1) is 7.16. The van der Waals surface area contributed by atoms with Gasteiger partial charge in [-0.3, -0.25) is 0 Å². The number of nitrogens with zero attached hydrogens (tertiary/aromatic N) is 3. The first-order valence-electron chi connectivity index (χ1n) is 5.51. The van der Waals surface area contributed by atoms with Crippen molar-refractivity contribution in [2.24, 2.45) is 5.92 Å². The van der Waals surface area contributed by atoms with E-state index >= 15 is 0 Å². The van der Waals surface area contributed by atoms with Crippen LogP contribution in [0.25, 0.3) is 0 Å². The molecule has 0 radical (unpaired) electrons. The van der Waals surface area contributed by atoms with E-state index in [1.807, 2.05) is 6.07 Å². The summed E-state index contributed by atoms with van der Waals surface area (Å²) < 4.78 is 0. The third kappa shape index (κ3) is 2.58. The van der Waals surface area contributed by atoms with Crippen LogP contribution in [-0.4, -0.2) is 22.6 Å². The Hall–Kier alpha value is -1.32. The fourth-order valence-corrected chi connectivity index (χ4v) is 1.73. The van der Waals surface area contributed by atoms with Gasteiger partial charge in [0, 0.05) is 18.7 Å². The van der Waals surface area contributed by atoms with Crippen LogP contribution in [0, 0.1) is 5.92 Å². The number of anilines is 2. The van der Waals surface area contributed by atoms with Gasteiger partial charge < -0.3 is 10.6 Å². The Morgan fingerprint density at radius 1 is 1.47 bits per heavy atom. The molecule has 0 spiro atoms.